The number of hydrogen-bond donors (Lipinski definition) is 2. The fraction of sp³-hybridized carbons (Fsp3) is 0. The normalized spacial score (nSPS) is 12.0. The second kappa shape index (κ2) is 7.03. The van der Waals surface area contributed by atoms with E-state index in [9.17, 15) is 10.1 Å². The Morgan fingerprint density at radius 1 is 1.31 bits per heavy atom. The summed E-state index contributed by atoms with van der Waals surface area (Å²) < 4.78 is 9.95. The van der Waals surface area contributed by atoms with Crippen molar-refractivity contribution in [3.05, 3.63) is 56.9 Å². The average Bonchev–Trinajstić information content (AvgIpc) is 3.24. The molecule has 0 aliphatic rings. The maximum atomic E-state index is 10.9. The zero-order valence-electron chi connectivity index (χ0n) is 12.9. The van der Waals surface area contributed by atoms with Crippen molar-refractivity contribution < 1.29 is 14.0 Å². The Labute approximate surface area is 150 Å². The van der Waals surface area contributed by atoms with E-state index in [-0.39, 0.29) is 23.0 Å². The van der Waals surface area contributed by atoms with Crippen molar-refractivity contribution in [2.45, 2.75) is 0 Å². The summed E-state index contributed by atoms with van der Waals surface area (Å²) in [5.41, 5.74) is 11.5. The summed E-state index contributed by atoms with van der Waals surface area (Å²) in [5, 5.41) is 25.5. The van der Waals surface area contributed by atoms with Crippen molar-refractivity contribution in [2.75, 3.05) is 5.73 Å². The van der Waals surface area contributed by atoms with Gasteiger partial charge in [0.15, 0.2) is 17.3 Å². The van der Waals surface area contributed by atoms with Crippen molar-refractivity contribution in [1.82, 2.24) is 10.3 Å². The molecule has 0 fully saturated rings. The van der Waals surface area contributed by atoms with E-state index in [1.807, 2.05) is 0 Å². The molecular formula is C14H10ClN7O4. The van der Waals surface area contributed by atoms with Crippen LogP contribution in [0.15, 0.2) is 49.6 Å². The van der Waals surface area contributed by atoms with Gasteiger partial charge in [-0.3, -0.25) is 10.1 Å². The fourth-order valence-corrected chi connectivity index (χ4v) is 2.16. The predicted molar refractivity (Wildman–Crippen MR) is 92.8 cm³/mol. The summed E-state index contributed by atoms with van der Waals surface area (Å²) in [5.74, 6) is 0.558. The van der Waals surface area contributed by atoms with E-state index in [1.165, 1.54) is 24.4 Å². The number of nitrogens with two attached hydrogens (primary N) is 2. The molecule has 26 heavy (non-hydrogen) atoms. The van der Waals surface area contributed by atoms with Crippen molar-refractivity contribution in [1.29, 1.82) is 0 Å². The zero-order valence-corrected chi connectivity index (χ0v) is 13.6. The molecule has 2 heterocycles. The molecule has 12 heteroatoms. The Hall–Kier alpha value is -3.73. The smallest absolute Gasteiger partial charge is 0.270 e. The first-order chi connectivity index (χ1) is 12.5. The lowest BCUT2D eigenvalue weighted by Gasteiger charge is -2.00. The topological polar surface area (TPSA) is 172 Å². The molecule has 0 spiro atoms. The van der Waals surface area contributed by atoms with Gasteiger partial charge in [-0.15, -0.1) is 5.10 Å². The molecule has 0 aliphatic carbocycles. The highest BCUT2D eigenvalue weighted by molar-refractivity contribution is 6.33. The maximum absolute atomic E-state index is 10.9. The Balaban J connectivity index is 1.81. The van der Waals surface area contributed by atoms with E-state index >= 15 is 0 Å². The largest absolute Gasteiger partial charge is 0.455 e. The highest BCUT2D eigenvalue weighted by Crippen LogP contribution is 2.32. The number of benzene rings is 1. The van der Waals surface area contributed by atoms with E-state index in [1.54, 1.807) is 12.1 Å². The monoisotopic (exact) mass is 375 g/mol. The third kappa shape index (κ3) is 3.52. The molecule has 0 saturated carbocycles. The lowest BCUT2D eigenvalue weighted by Crippen LogP contribution is -2.15. The number of anilines is 1. The number of aromatic nitrogens is 2. The molecule has 132 valence electrons. The molecule has 0 aliphatic heterocycles. The Morgan fingerprint density at radius 3 is 2.81 bits per heavy atom. The van der Waals surface area contributed by atoms with Crippen LogP contribution in [0.25, 0.3) is 11.3 Å². The van der Waals surface area contributed by atoms with Gasteiger partial charge in [-0.25, -0.2) is 4.63 Å². The Morgan fingerprint density at radius 2 is 2.12 bits per heavy atom. The molecule has 0 bridgehead atoms. The molecule has 0 saturated heterocycles. The summed E-state index contributed by atoms with van der Waals surface area (Å²) in [6.45, 7) is 0. The SMILES string of the molecule is NC(=N/N=C\c1ccc(-c2cc([N+](=O)[O-])ccc2Cl)o1)c1nonc1N. The van der Waals surface area contributed by atoms with Crippen LogP contribution in [-0.4, -0.2) is 27.3 Å². The van der Waals surface area contributed by atoms with Crippen LogP contribution in [0.3, 0.4) is 0 Å². The fourth-order valence-electron chi connectivity index (χ4n) is 1.95. The molecule has 1 aromatic carbocycles. The van der Waals surface area contributed by atoms with E-state index in [0.717, 1.165) is 0 Å². The number of nitro groups is 1. The van der Waals surface area contributed by atoms with Crippen LogP contribution in [0.1, 0.15) is 11.5 Å². The highest BCUT2D eigenvalue weighted by Gasteiger charge is 2.14. The average molecular weight is 376 g/mol. The number of nitrogens with zero attached hydrogens (tertiary/aromatic N) is 5. The van der Waals surface area contributed by atoms with Crippen molar-refractivity contribution in [3.63, 3.8) is 0 Å². The zero-order chi connectivity index (χ0) is 18.7. The molecule has 3 rings (SSSR count). The molecule has 3 aromatic rings. The molecular weight excluding hydrogens is 366 g/mol. The minimum Gasteiger partial charge on any atom is -0.455 e. The summed E-state index contributed by atoms with van der Waals surface area (Å²) in [6, 6.07) is 7.23. The van der Waals surface area contributed by atoms with Gasteiger partial charge in [0.2, 0.25) is 0 Å². The van der Waals surface area contributed by atoms with Crippen LogP contribution in [0.2, 0.25) is 5.02 Å². The standard InChI is InChI=1S/C14H10ClN7O4/c15-10-3-1-7(22(23)24)5-9(10)11-4-2-8(25-11)6-18-19-13(16)12-14(17)21-26-20-12/h1-6H,(H2,16,19)(H2,17,21)/b18-6-. The van der Waals surface area contributed by atoms with E-state index < -0.39 is 4.92 Å². The van der Waals surface area contributed by atoms with Gasteiger partial charge < -0.3 is 15.9 Å². The molecule has 0 atom stereocenters. The van der Waals surface area contributed by atoms with Gasteiger partial charge in [-0.1, -0.05) is 11.6 Å². The first-order valence-electron chi connectivity index (χ1n) is 6.94. The van der Waals surface area contributed by atoms with E-state index in [2.05, 4.69) is 25.1 Å². The first-order valence-corrected chi connectivity index (χ1v) is 7.32. The van der Waals surface area contributed by atoms with Crippen molar-refractivity contribution in [3.8, 4) is 11.3 Å². The van der Waals surface area contributed by atoms with Crippen LogP contribution in [0, 0.1) is 10.1 Å². The minimum atomic E-state index is -0.521. The van der Waals surface area contributed by atoms with Crippen LogP contribution in [0.5, 0.6) is 0 Å². The first kappa shape index (κ1) is 17.1. The van der Waals surface area contributed by atoms with Crippen molar-refractivity contribution >= 4 is 35.2 Å². The number of non-ortho nitro benzene ring substituents is 1. The maximum Gasteiger partial charge on any atom is 0.270 e. The van der Waals surface area contributed by atoms with Crippen LogP contribution in [-0.2, 0) is 0 Å². The highest BCUT2D eigenvalue weighted by atomic mass is 35.5. The lowest BCUT2D eigenvalue weighted by atomic mass is 10.1. The number of rotatable bonds is 5. The number of hydrogen-bond acceptors (Lipinski definition) is 9. The summed E-state index contributed by atoms with van der Waals surface area (Å²) in [6.07, 6.45) is 1.28. The lowest BCUT2D eigenvalue weighted by molar-refractivity contribution is -0.384. The van der Waals surface area contributed by atoms with Gasteiger partial charge >= 0.3 is 0 Å². The van der Waals surface area contributed by atoms with Gasteiger partial charge in [-0.2, -0.15) is 5.10 Å². The third-order valence-electron chi connectivity index (χ3n) is 3.16. The summed E-state index contributed by atoms with van der Waals surface area (Å²) >= 11 is 6.07. The van der Waals surface area contributed by atoms with Crippen molar-refractivity contribution in [2.24, 2.45) is 15.9 Å². The van der Waals surface area contributed by atoms with Gasteiger partial charge in [0.25, 0.3) is 5.69 Å². The molecule has 4 N–H and O–H groups in total. The Bertz CT molecular complexity index is 1020. The van der Waals surface area contributed by atoms with E-state index in [4.69, 9.17) is 27.5 Å². The van der Waals surface area contributed by atoms with E-state index in [0.29, 0.717) is 22.1 Å². The molecule has 2 aromatic heterocycles. The third-order valence-corrected chi connectivity index (χ3v) is 3.49. The number of nitro benzene ring substituents is 1. The van der Waals surface area contributed by atoms with Gasteiger partial charge in [0, 0.05) is 17.7 Å². The quantitative estimate of drug-likeness (QED) is 0.295. The number of amidine groups is 1. The number of halogens is 1. The van der Waals surface area contributed by atoms with Crippen LogP contribution >= 0.6 is 11.6 Å². The summed E-state index contributed by atoms with van der Waals surface area (Å²) in [4.78, 5) is 10.4. The predicted octanol–water partition coefficient (Wildman–Crippen LogP) is 2.21. The van der Waals surface area contributed by atoms with Gasteiger partial charge in [0.1, 0.15) is 11.5 Å². The van der Waals surface area contributed by atoms with Gasteiger partial charge in [0.05, 0.1) is 16.2 Å². The molecule has 0 amide bonds. The van der Waals surface area contributed by atoms with Gasteiger partial charge in [-0.05, 0) is 28.5 Å². The minimum absolute atomic E-state index is 0.0120. The molecule has 0 unspecified atom stereocenters. The summed E-state index contributed by atoms with van der Waals surface area (Å²) in [7, 11) is 0. The Kier molecular flexibility index (Phi) is 4.62. The molecule has 0 radical (unpaired) electrons. The van der Waals surface area contributed by atoms with Crippen LogP contribution < -0.4 is 11.5 Å². The molecule has 11 nitrogen and oxygen atoms in total. The number of nitrogen functional groups attached to an aromatic ring is 1. The number of furan rings is 1. The second-order valence-electron chi connectivity index (χ2n) is 4.85. The van der Waals surface area contributed by atoms with Crippen LogP contribution in [0.4, 0.5) is 11.5 Å². The second-order valence-corrected chi connectivity index (χ2v) is 5.26.